The molecule has 1 saturated heterocycles. The highest BCUT2D eigenvalue weighted by molar-refractivity contribution is 7.89. The summed E-state index contributed by atoms with van der Waals surface area (Å²) < 4.78 is 31.9. The minimum absolute atomic E-state index is 0.00949. The first-order valence-electron chi connectivity index (χ1n) is 6.65. The van der Waals surface area contributed by atoms with Gasteiger partial charge in [0, 0.05) is 13.7 Å². The summed E-state index contributed by atoms with van der Waals surface area (Å²) in [6.07, 6.45) is 0.645. The summed E-state index contributed by atoms with van der Waals surface area (Å²) in [6.45, 7) is 4.23. The van der Waals surface area contributed by atoms with Crippen molar-refractivity contribution >= 4 is 16.0 Å². The number of carboxylic acid groups (broad SMARTS) is 1. The van der Waals surface area contributed by atoms with Crippen molar-refractivity contribution in [1.82, 2.24) is 4.31 Å². The van der Waals surface area contributed by atoms with Crippen LogP contribution in [0.25, 0.3) is 0 Å². The molecule has 1 aromatic carbocycles. The molecule has 1 unspecified atom stereocenters. The fourth-order valence-corrected chi connectivity index (χ4v) is 4.10. The van der Waals surface area contributed by atoms with Crippen molar-refractivity contribution < 1.29 is 23.1 Å². The molecule has 116 valence electrons. The highest BCUT2D eigenvalue weighted by Crippen LogP contribution is 2.26. The van der Waals surface area contributed by atoms with Gasteiger partial charge in [-0.25, -0.2) is 13.2 Å². The topological polar surface area (TPSA) is 83.9 Å². The Hall–Kier alpha value is -1.44. The van der Waals surface area contributed by atoms with Crippen molar-refractivity contribution in [3.05, 3.63) is 28.8 Å². The number of carbonyl (C=O) groups is 1. The summed E-state index contributed by atoms with van der Waals surface area (Å²) in [5.41, 5.74) is 1.10. The highest BCUT2D eigenvalue weighted by Gasteiger charge is 2.32. The molecule has 2 rings (SSSR count). The molecule has 0 bridgehead atoms. The molecule has 7 heteroatoms. The third-order valence-corrected chi connectivity index (χ3v) is 5.88. The van der Waals surface area contributed by atoms with E-state index < -0.39 is 16.0 Å². The third-order valence-electron chi connectivity index (χ3n) is 3.83. The maximum absolute atomic E-state index is 12.7. The molecule has 1 aromatic rings. The Bertz CT molecular complexity index is 662. The predicted molar refractivity (Wildman–Crippen MR) is 77.0 cm³/mol. The number of ether oxygens (including phenoxy) is 1. The molecule has 21 heavy (non-hydrogen) atoms. The van der Waals surface area contributed by atoms with Crippen molar-refractivity contribution in [1.29, 1.82) is 0 Å². The summed E-state index contributed by atoms with van der Waals surface area (Å²) >= 11 is 0. The summed E-state index contributed by atoms with van der Waals surface area (Å²) in [7, 11) is -2.23. The SMILES string of the molecule is Cc1cc(C)c(S(=O)(=O)N(C)C2CCOC2)cc1C(=O)O. The molecule has 0 aromatic heterocycles. The van der Waals surface area contributed by atoms with Crippen LogP contribution in [0.15, 0.2) is 17.0 Å². The molecule has 0 aliphatic carbocycles. The van der Waals surface area contributed by atoms with Gasteiger partial charge in [-0.15, -0.1) is 0 Å². The van der Waals surface area contributed by atoms with Crippen LogP contribution in [0.3, 0.4) is 0 Å². The van der Waals surface area contributed by atoms with Crippen LogP contribution in [-0.2, 0) is 14.8 Å². The Labute approximate surface area is 124 Å². The average Bonchev–Trinajstić information content (AvgIpc) is 2.90. The van der Waals surface area contributed by atoms with Gasteiger partial charge in [-0.1, -0.05) is 6.07 Å². The van der Waals surface area contributed by atoms with Gasteiger partial charge in [0.2, 0.25) is 10.0 Å². The number of aryl methyl sites for hydroxylation is 2. The number of sulfonamides is 1. The van der Waals surface area contributed by atoms with Gasteiger partial charge >= 0.3 is 5.97 Å². The lowest BCUT2D eigenvalue weighted by molar-refractivity contribution is 0.0696. The molecule has 1 aliphatic heterocycles. The summed E-state index contributed by atoms with van der Waals surface area (Å²) in [5.74, 6) is -1.13. The van der Waals surface area contributed by atoms with Gasteiger partial charge in [-0.05, 0) is 37.5 Å². The number of likely N-dealkylation sites (N-methyl/N-ethyl adjacent to an activating group) is 1. The first-order valence-corrected chi connectivity index (χ1v) is 8.09. The second-order valence-electron chi connectivity index (χ2n) is 5.28. The van der Waals surface area contributed by atoms with Crippen LogP contribution in [0.4, 0.5) is 0 Å². The molecule has 0 spiro atoms. The standard InChI is InChI=1S/C14H19NO5S/c1-9-6-10(2)13(7-12(9)14(16)17)21(18,19)15(3)11-4-5-20-8-11/h6-7,11H,4-5,8H2,1-3H3,(H,16,17). The molecule has 1 atom stereocenters. The summed E-state index contributed by atoms with van der Waals surface area (Å²) in [6, 6.07) is 2.63. The number of nitrogens with zero attached hydrogens (tertiary/aromatic N) is 1. The van der Waals surface area contributed by atoms with Crippen LogP contribution >= 0.6 is 0 Å². The lowest BCUT2D eigenvalue weighted by atomic mass is 10.1. The first kappa shape index (κ1) is 15.9. The Morgan fingerprint density at radius 2 is 2.00 bits per heavy atom. The number of hydrogen-bond donors (Lipinski definition) is 1. The molecule has 1 heterocycles. The minimum atomic E-state index is -3.74. The zero-order valence-corrected chi connectivity index (χ0v) is 13.1. The second kappa shape index (κ2) is 5.75. The molecule has 0 amide bonds. The smallest absolute Gasteiger partial charge is 0.335 e. The zero-order valence-electron chi connectivity index (χ0n) is 12.3. The van der Waals surface area contributed by atoms with E-state index in [2.05, 4.69) is 0 Å². The quantitative estimate of drug-likeness (QED) is 0.908. The molecule has 1 fully saturated rings. The summed E-state index contributed by atoms with van der Waals surface area (Å²) in [5, 5.41) is 9.17. The third kappa shape index (κ3) is 2.95. The average molecular weight is 313 g/mol. The first-order chi connectivity index (χ1) is 9.75. The van der Waals surface area contributed by atoms with Crippen LogP contribution in [0.2, 0.25) is 0 Å². The van der Waals surface area contributed by atoms with Gasteiger partial charge in [0.1, 0.15) is 0 Å². The van der Waals surface area contributed by atoms with Crippen LogP contribution in [0.1, 0.15) is 27.9 Å². The van der Waals surface area contributed by atoms with Gasteiger partial charge in [0.25, 0.3) is 0 Å². The molecule has 0 saturated carbocycles. The van der Waals surface area contributed by atoms with Crippen molar-refractivity contribution in [3.8, 4) is 0 Å². The van der Waals surface area contributed by atoms with Crippen LogP contribution in [-0.4, -0.2) is 50.1 Å². The largest absolute Gasteiger partial charge is 0.478 e. The predicted octanol–water partition coefficient (Wildman–Crippen LogP) is 1.41. The van der Waals surface area contributed by atoms with E-state index in [0.717, 1.165) is 0 Å². The van der Waals surface area contributed by atoms with E-state index in [1.165, 1.54) is 17.4 Å². The normalized spacial score (nSPS) is 19.1. The second-order valence-corrected chi connectivity index (χ2v) is 7.24. The maximum Gasteiger partial charge on any atom is 0.335 e. The molecule has 6 nitrogen and oxygen atoms in total. The monoisotopic (exact) mass is 313 g/mol. The van der Waals surface area contributed by atoms with E-state index in [0.29, 0.717) is 30.8 Å². The van der Waals surface area contributed by atoms with Gasteiger partial charge in [-0.3, -0.25) is 0 Å². The van der Waals surface area contributed by atoms with Crippen molar-refractivity contribution in [2.75, 3.05) is 20.3 Å². The van der Waals surface area contributed by atoms with E-state index >= 15 is 0 Å². The minimum Gasteiger partial charge on any atom is -0.478 e. The van der Waals surface area contributed by atoms with Crippen LogP contribution < -0.4 is 0 Å². The lowest BCUT2D eigenvalue weighted by Gasteiger charge is -2.24. The maximum atomic E-state index is 12.7. The fraction of sp³-hybridized carbons (Fsp3) is 0.500. The van der Waals surface area contributed by atoms with Crippen molar-refractivity contribution in [2.24, 2.45) is 0 Å². The van der Waals surface area contributed by atoms with Gasteiger partial charge in [0.15, 0.2) is 0 Å². The lowest BCUT2D eigenvalue weighted by Crippen LogP contribution is -2.37. The van der Waals surface area contributed by atoms with Crippen molar-refractivity contribution in [3.63, 3.8) is 0 Å². The van der Waals surface area contributed by atoms with Gasteiger partial charge in [0.05, 0.1) is 23.1 Å². The number of benzene rings is 1. The Kier molecular flexibility index (Phi) is 4.36. The van der Waals surface area contributed by atoms with E-state index in [1.54, 1.807) is 19.9 Å². The zero-order chi connectivity index (χ0) is 15.8. The molecule has 1 N–H and O–H groups in total. The number of hydrogen-bond acceptors (Lipinski definition) is 4. The van der Waals surface area contributed by atoms with E-state index in [4.69, 9.17) is 9.84 Å². The van der Waals surface area contributed by atoms with Gasteiger partial charge < -0.3 is 9.84 Å². The van der Waals surface area contributed by atoms with E-state index in [-0.39, 0.29) is 16.5 Å². The number of aromatic carboxylic acids is 1. The van der Waals surface area contributed by atoms with E-state index in [1.807, 2.05) is 0 Å². The fourth-order valence-electron chi connectivity index (χ4n) is 2.50. The van der Waals surface area contributed by atoms with Crippen LogP contribution in [0.5, 0.6) is 0 Å². The van der Waals surface area contributed by atoms with Gasteiger partial charge in [-0.2, -0.15) is 4.31 Å². The van der Waals surface area contributed by atoms with E-state index in [9.17, 15) is 13.2 Å². The molecule has 0 radical (unpaired) electrons. The molecule has 1 aliphatic rings. The molecular formula is C14H19NO5S. The highest BCUT2D eigenvalue weighted by atomic mass is 32.2. The Morgan fingerprint density at radius 3 is 2.52 bits per heavy atom. The van der Waals surface area contributed by atoms with Crippen LogP contribution in [0, 0.1) is 13.8 Å². The Balaban J connectivity index is 2.48. The Morgan fingerprint density at radius 1 is 1.33 bits per heavy atom. The molecular weight excluding hydrogens is 294 g/mol. The van der Waals surface area contributed by atoms with Crippen molar-refractivity contribution in [2.45, 2.75) is 31.2 Å². The number of carboxylic acids is 1. The summed E-state index contributed by atoms with van der Waals surface area (Å²) in [4.78, 5) is 11.3. The number of rotatable bonds is 4.